The molecule has 66 valence electrons. The van der Waals surface area contributed by atoms with Crippen LogP contribution in [0.1, 0.15) is 20.3 Å². The minimum absolute atomic E-state index is 0.0300. The Morgan fingerprint density at radius 2 is 2.09 bits per heavy atom. The standard InChI is InChI=1S/C8H17NO2/c1-6(2)8(9)4-7(10)5-11-3/h6,8H,4-5,9H2,1-3H3. The van der Waals surface area contributed by atoms with Crippen molar-refractivity contribution >= 4 is 5.78 Å². The van der Waals surface area contributed by atoms with Crippen LogP contribution in [0, 0.1) is 5.92 Å². The summed E-state index contributed by atoms with van der Waals surface area (Å²) in [5.41, 5.74) is 5.67. The molecule has 0 aliphatic heterocycles. The number of hydrogen-bond donors (Lipinski definition) is 1. The number of rotatable bonds is 5. The number of hydrogen-bond acceptors (Lipinski definition) is 3. The molecule has 0 fully saturated rings. The summed E-state index contributed by atoms with van der Waals surface area (Å²) in [7, 11) is 1.51. The summed E-state index contributed by atoms with van der Waals surface area (Å²) in [6.45, 7) is 4.19. The SMILES string of the molecule is COCC(=O)CC(N)C(C)C. The fourth-order valence-electron chi connectivity index (χ4n) is 0.719. The van der Waals surface area contributed by atoms with Gasteiger partial charge in [-0.2, -0.15) is 0 Å². The van der Waals surface area contributed by atoms with E-state index < -0.39 is 0 Å². The lowest BCUT2D eigenvalue weighted by atomic mass is 10.0. The van der Waals surface area contributed by atoms with Gasteiger partial charge in [-0.3, -0.25) is 4.79 Å². The zero-order valence-corrected chi connectivity index (χ0v) is 7.46. The average Bonchev–Trinajstić information content (AvgIpc) is 1.87. The molecule has 1 unspecified atom stereocenters. The molecule has 0 rings (SSSR count). The number of methoxy groups -OCH3 is 1. The first-order valence-electron chi connectivity index (χ1n) is 3.84. The van der Waals surface area contributed by atoms with Gasteiger partial charge >= 0.3 is 0 Å². The second-order valence-electron chi connectivity index (χ2n) is 3.08. The van der Waals surface area contributed by atoms with Gasteiger partial charge in [0.2, 0.25) is 0 Å². The van der Waals surface area contributed by atoms with E-state index in [2.05, 4.69) is 4.74 Å². The highest BCUT2D eigenvalue weighted by atomic mass is 16.5. The molecule has 0 saturated carbocycles. The average molecular weight is 159 g/mol. The molecule has 0 amide bonds. The Morgan fingerprint density at radius 1 is 1.55 bits per heavy atom. The van der Waals surface area contributed by atoms with Crippen LogP contribution in [0.5, 0.6) is 0 Å². The topological polar surface area (TPSA) is 52.3 Å². The molecule has 0 heterocycles. The first kappa shape index (κ1) is 10.6. The normalized spacial score (nSPS) is 13.5. The highest BCUT2D eigenvalue weighted by Gasteiger charge is 2.11. The van der Waals surface area contributed by atoms with E-state index in [9.17, 15) is 4.79 Å². The third-order valence-electron chi connectivity index (χ3n) is 1.63. The highest BCUT2D eigenvalue weighted by Crippen LogP contribution is 2.02. The Kier molecular flexibility index (Phi) is 5.07. The maximum Gasteiger partial charge on any atom is 0.160 e. The van der Waals surface area contributed by atoms with Crippen molar-refractivity contribution in [2.24, 2.45) is 11.7 Å². The van der Waals surface area contributed by atoms with Gasteiger partial charge in [-0.1, -0.05) is 13.8 Å². The number of nitrogens with two attached hydrogens (primary N) is 1. The number of ketones is 1. The molecule has 0 aliphatic rings. The third-order valence-corrected chi connectivity index (χ3v) is 1.63. The van der Waals surface area contributed by atoms with Crippen molar-refractivity contribution in [1.82, 2.24) is 0 Å². The second kappa shape index (κ2) is 5.27. The second-order valence-corrected chi connectivity index (χ2v) is 3.08. The Bertz CT molecular complexity index is 123. The van der Waals surface area contributed by atoms with Crippen molar-refractivity contribution < 1.29 is 9.53 Å². The van der Waals surface area contributed by atoms with E-state index in [0.717, 1.165) is 0 Å². The van der Waals surface area contributed by atoms with Crippen LogP contribution in [0.4, 0.5) is 0 Å². The minimum Gasteiger partial charge on any atom is -0.377 e. The number of ether oxygens (including phenoxy) is 1. The maximum atomic E-state index is 11.0. The third kappa shape index (κ3) is 4.93. The van der Waals surface area contributed by atoms with E-state index in [0.29, 0.717) is 12.3 Å². The number of Topliss-reactive ketones (excluding diaryl/α,β-unsaturated/α-hetero) is 1. The van der Waals surface area contributed by atoms with Gasteiger partial charge in [-0.15, -0.1) is 0 Å². The Hall–Kier alpha value is -0.410. The van der Waals surface area contributed by atoms with Gasteiger partial charge in [0.1, 0.15) is 6.61 Å². The first-order chi connectivity index (χ1) is 5.07. The van der Waals surface area contributed by atoms with Crippen LogP contribution in [0.3, 0.4) is 0 Å². The van der Waals surface area contributed by atoms with Gasteiger partial charge in [-0.05, 0) is 5.92 Å². The van der Waals surface area contributed by atoms with E-state index in [1.807, 2.05) is 13.8 Å². The van der Waals surface area contributed by atoms with E-state index in [1.165, 1.54) is 7.11 Å². The smallest absolute Gasteiger partial charge is 0.160 e. The molecule has 0 radical (unpaired) electrons. The molecular formula is C8H17NO2. The molecule has 3 heteroatoms. The molecule has 0 aliphatic carbocycles. The van der Waals surface area contributed by atoms with E-state index >= 15 is 0 Å². The quantitative estimate of drug-likeness (QED) is 0.638. The molecule has 0 saturated heterocycles. The highest BCUT2D eigenvalue weighted by molar-refractivity contribution is 5.80. The monoisotopic (exact) mass is 159 g/mol. The molecule has 1 atom stereocenters. The van der Waals surface area contributed by atoms with Crippen molar-refractivity contribution in [3.05, 3.63) is 0 Å². The largest absolute Gasteiger partial charge is 0.377 e. The molecule has 0 aromatic carbocycles. The molecule has 0 bridgehead atoms. The fraction of sp³-hybridized carbons (Fsp3) is 0.875. The summed E-state index contributed by atoms with van der Waals surface area (Å²) in [6, 6.07) is -0.0300. The van der Waals surface area contributed by atoms with E-state index in [4.69, 9.17) is 5.73 Å². The van der Waals surface area contributed by atoms with Gasteiger partial charge in [0.05, 0.1) is 0 Å². The van der Waals surface area contributed by atoms with E-state index in [1.54, 1.807) is 0 Å². The summed E-state index contributed by atoms with van der Waals surface area (Å²) >= 11 is 0. The van der Waals surface area contributed by atoms with Crippen LogP contribution in [-0.2, 0) is 9.53 Å². The number of carbonyl (C=O) groups excluding carboxylic acids is 1. The summed E-state index contributed by atoms with van der Waals surface area (Å²) in [6.07, 6.45) is 0.422. The van der Waals surface area contributed by atoms with Crippen molar-refractivity contribution in [3.63, 3.8) is 0 Å². The van der Waals surface area contributed by atoms with E-state index in [-0.39, 0.29) is 18.4 Å². The van der Waals surface area contributed by atoms with Crippen molar-refractivity contribution in [2.75, 3.05) is 13.7 Å². The Morgan fingerprint density at radius 3 is 2.45 bits per heavy atom. The molecule has 0 aromatic heterocycles. The van der Waals surface area contributed by atoms with Gasteiger partial charge in [0, 0.05) is 19.6 Å². The Labute approximate surface area is 67.9 Å². The summed E-state index contributed by atoms with van der Waals surface area (Å²) in [4.78, 5) is 11.0. The lowest BCUT2D eigenvalue weighted by Gasteiger charge is -2.13. The fourth-order valence-corrected chi connectivity index (χ4v) is 0.719. The lowest BCUT2D eigenvalue weighted by Crippen LogP contribution is -2.30. The zero-order chi connectivity index (χ0) is 8.85. The van der Waals surface area contributed by atoms with Gasteiger partial charge in [0.25, 0.3) is 0 Å². The summed E-state index contributed by atoms with van der Waals surface area (Å²) < 4.78 is 4.68. The Balaban J connectivity index is 3.57. The predicted molar refractivity (Wildman–Crippen MR) is 44.3 cm³/mol. The summed E-state index contributed by atoms with van der Waals surface area (Å²) in [5.74, 6) is 0.435. The molecular weight excluding hydrogens is 142 g/mol. The van der Waals surface area contributed by atoms with Gasteiger partial charge in [-0.25, -0.2) is 0 Å². The van der Waals surface area contributed by atoms with Gasteiger partial charge < -0.3 is 10.5 Å². The summed E-state index contributed by atoms with van der Waals surface area (Å²) in [5, 5.41) is 0. The van der Waals surface area contributed by atoms with Crippen LogP contribution in [0.15, 0.2) is 0 Å². The molecule has 3 nitrogen and oxygen atoms in total. The maximum absolute atomic E-state index is 11.0. The van der Waals surface area contributed by atoms with Crippen LogP contribution in [0.2, 0.25) is 0 Å². The molecule has 0 spiro atoms. The molecule has 11 heavy (non-hydrogen) atoms. The van der Waals surface area contributed by atoms with Crippen LogP contribution in [0.25, 0.3) is 0 Å². The zero-order valence-electron chi connectivity index (χ0n) is 7.46. The molecule has 0 aromatic rings. The predicted octanol–water partition coefficient (Wildman–Crippen LogP) is 0.575. The van der Waals surface area contributed by atoms with Crippen LogP contribution in [-0.4, -0.2) is 25.5 Å². The number of carbonyl (C=O) groups is 1. The van der Waals surface area contributed by atoms with Crippen LogP contribution >= 0.6 is 0 Å². The van der Waals surface area contributed by atoms with Crippen molar-refractivity contribution in [1.29, 1.82) is 0 Å². The van der Waals surface area contributed by atoms with Crippen molar-refractivity contribution in [3.8, 4) is 0 Å². The van der Waals surface area contributed by atoms with Crippen molar-refractivity contribution in [2.45, 2.75) is 26.3 Å². The molecule has 2 N–H and O–H groups in total. The van der Waals surface area contributed by atoms with Crippen LogP contribution < -0.4 is 5.73 Å². The van der Waals surface area contributed by atoms with Gasteiger partial charge in [0.15, 0.2) is 5.78 Å². The lowest BCUT2D eigenvalue weighted by molar-refractivity contribution is -0.123. The minimum atomic E-state index is -0.0300. The first-order valence-corrected chi connectivity index (χ1v) is 3.84.